The van der Waals surface area contributed by atoms with Crippen LogP contribution in [0.3, 0.4) is 0 Å². The Balaban J connectivity index is 2.10. The highest BCUT2D eigenvalue weighted by molar-refractivity contribution is 5.59. The second kappa shape index (κ2) is 7.44. The van der Waals surface area contributed by atoms with E-state index in [-0.39, 0.29) is 0 Å². The summed E-state index contributed by atoms with van der Waals surface area (Å²) in [7, 11) is 0. The molecule has 0 N–H and O–H groups in total. The molecule has 0 spiro atoms. The Morgan fingerprint density at radius 2 is 1.62 bits per heavy atom. The molecule has 0 radical (unpaired) electrons. The second-order valence-electron chi connectivity index (χ2n) is 6.03. The summed E-state index contributed by atoms with van der Waals surface area (Å²) >= 11 is 0. The first kappa shape index (κ1) is 16.4. The number of hydrogen-bond acceptors (Lipinski definition) is 3. The third kappa shape index (κ3) is 3.12. The SMILES string of the molecule is C/C(=C/c1ccccc1)C(C#N)(c1ccccc1)N1CCOCC1. The van der Waals surface area contributed by atoms with Gasteiger partial charge in [0, 0.05) is 13.1 Å². The van der Waals surface area contributed by atoms with Crippen LogP contribution in [0.5, 0.6) is 0 Å². The lowest BCUT2D eigenvalue weighted by atomic mass is 9.81. The van der Waals surface area contributed by atoms with Gasteiger partial charge >= 0.3 is 0 Å². The van der Waals surface area contributed by atoms with E-state index in [2.05, 4.69) is 36.1 Å². The lowest BCUT2D eigenvalue weighted by Crippen LogP contribution is -2.51. The summed E-state index contributed by atoms with van der Waals surface area (Å²) < 4.78 is 5.50. The topological polar surface area (TPSA) is 36.3 Å². The van der Waals surface area contributed by atoms with Gasteiger partial charge in [0.1, 0.15) is 0 Å². The first-order valence-corrected chi connectivity index (χ1v) is 8.31. The van der Waals surface area contributed by atoms with Crippen LogP contribution in [-0.4, -0.2) is 31.2 Å². The van der Waals surface area contributed by atoms with Crippen molar-refractivity contribution in [3.05, 3.63) is 77.4 Å². The molecule has 24 heavy (non-hydrogen) atoms. The van der Waals surface area contributed by atoms with Gasteiger partial charge in [0.2, 0.25) is 0 Å². The van der Waals surface area contributed by atoms with E-state index in [1.54, 1.807) is 0 Å². The number of ether oxygens (including phenoxy) is 1. The number of nitrogens with zero attached hydrogens (tertiary/aromatic N) is 2. The molecule has 1 saturated heterocycles. The second-order valence-corrected chi connectivity index (χ2v) is 6.03. The minimum Gasteiger partial charge on any atom is -0.379 e. The molecule has 122 valence electrons. The summed E-state index contributed by atoms with van der Waals surface area (Å²) in [5.41, 5.74) is 2.39. The van der Waals surface area contributed by atoms with Crippen LogP contribution in [0.25, 0.3) is 6.08 Å². The lowest BCUT2D eigenvalue weighted by Gasteiger charge is -2.42. The molecule has 1 fully saturated rings. The van der Waals surface area contributed by atoms with Crippen LogP contribution >= 0.6 is 0 Å². The van der Waals surface area contributed by atoms with Crippen LogP contribution in [0.15, 0.2) is 66.2 Å². The van der Waals surface area contributed by atoms with E-state index < -0.39 is 5.54 Å². The van der Waals surface area contributed by atoms with Gasteiger partial charge in [0.05, 0.1) is 19.3 Å². The number of morpholine rings is 1. The average Bonchev–Trinajstić information content (AvgIpc) is 2.65. The van der Waals surface area contributed by atoms with E-state index in [4.69, 9.17) is 4.74 Å². The number of hydrogen-bond donors (Lipinski definition) is 0. The molecule has 1 unspecified atom stereocenters. The maximum Gasteiger partial charge on any atom is 0.156 e. The Morgan fingerprint density at radius 3 is 2.21 bits per heavy atom. The van der Waals surface area contributed by atoms with Crippen LogP contribution in [0.2, 0.25) is 0 Å². The van der Waals surface area contributed by atoms with Gasteiger partial charge in [-0.25, -0.2) is 0 Å². The predicted octanol–water partition coefficient (Wildman–Crippen LogP) is 3.84. The van der Waals surface area contributed by atoms with Crippen molar-refractivity contribution in [2.24, 2.45) is 0 Å². The van der Waals surface area contributed by atoms with Gasteiger partial charge in [0.15, 0.2) is 5.54 Å². The predicted molar refractivity (Wildman–Crippen MR) is 96.2 cm³/mol. The van der Waals surface area contributed by atoms with Crippen molar-refractivity contribution in [3.8, 4) is 6.07 Å². The molecule has 1 heterocycles. The molecule has 1 aliphatic heterocycles. The first-order valence-electron chi connectivity index (χ1n) is 8.31. The number of nitriles is 1. The summed E-state index contributed by atoms with van der Waals surface area (Å²) in [5, 5.41) is 10.3. The van der Waals surface area contributed by atoms with Crippen LogP contribution in [0.1, 0.15) is 18.1 Å². The largest absolute Gasteiger partial charge is 0.379 e. The van der Waals surface area contributed by atoms with Crippen LogP contribution < -0.4 is 0 Å². The highest BCUT2D eigenvalue weighted by atomic mass is 16.5. The molecular formula is C21H22N2O. The molecule has 0 aliphatic carbocycles. The molecule has 3 nitrogen and oxygen atoms in total. The molecule has 1 aliphatic rings. The summed E-state index contributed by atoms with van der Waals surface area (Å²) in [6, 6.07) is 22.9. The molecule has 2 aromatic carbocycles. The minimum absolute atomic E-state index is 0.662. The molecule has 1 atom stereocenters. The number of benzene rings is 2. The highest BCUT2D eigenvalue weighted by Gasteiger charge is 2.41. The van der Waals surface area contributed by atoms with Crippen molar-refractivity contribution in [2.75, 3.05) is 26.3 Å². The molecule has 0 amide bonds. The molecule has 0 bridgehead atoms. The van der Waals surface area contributed by atoms with Crippen LogP contribution in [-0.2, 0) is 10.3 Å². The Morgan fingerprint density at radius 1 is 1.04 bits per heavy atom. The smallest absolute Gasteiger partial charge is 0.156 e. The van der Waals surface area contributed by atoms with Crippen LogP contribution in [0.4, 0.5) is 0 Å². The highest BCUT2D eigenvalue weighted by Crippen LogP contribution is 2.37. The maximum absolute atomic E-state index is 10.3. The van der Waals surface area contributed by atoms with Gasteiger partial charge in [-0.3, -0.25) is 4.90 Å². The van der Waals surface area contributed by atoms with Gasteiger partial charge in [-0.1, -0.05) is 66.7 Å². The zero-order valence-corrected chi connectivity index (χ0v) is 14.0. The lowest BCUT2D eigenvalue weighted by molar-refractivity contribution is 0.00577. The zero-order valence-electron chi connectivity index (χ0n) is 14.0. The Bertz CT molecular complexity index is 727. The standard InChI is InChI=1S/C21H22N2O/c1-18(16-19-8-4-2-5-9-19)21(17-22,20-10-6-3-7-11-20)23-12-14-24-15-13-23/h2-11,16H,12-15H2,1H3/b18-16-. The van der Waals surface area contributed by atoms with Gasteiger partial charge in [-0.2, -0.15) is 5.26 Å². The van der Waals surface area contributed by atoms with E-state index >= 15 is 0 Å². The van der Waals surface area contributed by atoms with E-state index in [0.29, 0.717) is 13.2 Å². The Hall–Kier alpha value is -2.41. The third-order valence-corrected chi connectivity index (χ3v) is 4.59. The van der Waals surface area contributed by atoms with Crippen LogP contribution in [0, 0.1) is 11.3 Å². The van der Waals surface area contributed by atoms with E-state index in [9.17, 15) is 5.26 Å². The third-order valence-electron chi connectivity index (χ3n) is 4.59. The van der Waals surface area contributed by atoms with Crippen molar-refractivity contribution in [2.45, 2.75) is 12.5 Å². The average molecular weight is 318 g/mol. The number of rotatable bonds is 4. The fourth-order valence-corrected chi connectivity index (χ4v) is 3.36. The summed E-state index contributed by atoms with van der Waals surface area (Å²) in [5.74, 6) is 0. The van der Waals surface area contributed by atoms with E-state index in [1.807, 2.05) is 48.5 Å². The molecular weight excluding hydrogens is 296 g/mol. The maximum atomic E-state index is 10.3. The summed E-state index contributed by atoms with van der Waals surface area (Å²) in [4.78, 5) is 2.24. The summed E-state index contributed by atoms with van der Waals surface area (Å²) in [6.45, 7) is 4.88. The molecule has 2 aromatic rings. The quantitative estimate of drug-likeness (QED) is 0.859. The molecule has 0 saturated carbocycles. The summed E-state index contributed by atoms with van der Waals surface area (Å²) in [6.07, 6.45) is 2.12. The van der Waals surface area contributed by atoms with Crippen molar-refractivity contribution in [3.63, 3.8) is 0 Å². The van der Waals surface area contributed by atoms with Gasteiger partial charge in [-0.15, -0.1) is 0 Å². The van der Waals surface area contributed by atoms with Gasteiger partial charge in [0.25, 0.3) is 0 Å². The zero-order chi connectivity index (χ0) is 16.8. The van der Waals surface area contributed by atoms with E-state index in [1.165, 1.54) is 0 Å². The van der Waals surface area contributed by atoms with Crippen molar-refractivity contribution < 1.29 is 4.74 Å². The van der Waals surface area contributed by atoms with Crippen molar-refractivity contribution in [1.29, 1.82) is 5.26 Å². The Kier molecular flexibility index (Phi) is 5.10. The molecule has 3 heteroatoms. The Labute approximate surface area is 143 Å². The fourth-order valence-electron chi connectivity index (χ4n) is 3.36. The van der Waals surface area contributed by atoms with E-state index in [0.717, 1.165) is 29.8 Å². The first-order chi connectivity index (χ1) is 11.8. The normalized spacial score (nSPS) is 18.6. The monoisotopic (exact) mass is 318 g/mol. The fraction of sp³-hybridized carbons (Fsp3) is 0.286. The molecule has 3 rings (SSSR count). The van der Waals surface area contributed by atoms with Gasteiger partial charge < -0.3 is 4.74 Å². The molecule has 0 aromatic heterocycles. The van der Waals surface area contributed by atoms with Crippen molar-refractivity contribution in [1.82, 2.24) is 4.90 Å². The minimum atomic E-state index is -0.763. The van der Waals surface area contributed by atoms with Gasteiger partial charge in [-0.05, 0) is 23.6 Å². The van der Waals surface area contributed by atoms with Crippen molar-refractivity contribution >= 4 is 6.08 Å².